The molecule has 24 heavy (non-hydrogen) atoms. The zero-order valence-corrected chi connectivity index (χ0v) is 14.7. The summed E-state index contributed by atoms with van der Waals surface area (Å²) in [5, 5.41) is 3.19. The van der Waals surface area contributed by atoms with Crippen LogP contribution in [-0.2, 0) is 10.2 Å². The summed E-state index contributed by atoms with van der Waals surface area (Å²) in [5.41, 5.74) is -0.0853. The average molecular weight is 333 g/mol. The molecule has 1 aromatic rings. The van der Waals surface area contributed by atoms with Crippen molar-refractivity contribution in [3.05, 3.63) is 35.6 Å². The van der Waals surface area contributed by atoms with E-state index in [4.69, 9.17) is 0 Å². The fourth-order valence-corrected chi connectivity index (χ4v) is 3.54. The van der Waals surface area contributed by atoms with Crippen molar-refractivity contribution < 1.29 is 9.18 Å². The van der Waals surface area contributed by atoms with Crippen LogP contribution in [-0.4, -0.2) is 61.5 Å². The molecule has 1 amide bonds. The Hall–Kier alpha value is -1.46. The van der Waals surface area contributed by atoms with E-state index in [1.165, 1.54) is 6.07 Å². The fraction of sp³-hybridized carbons (Fsp3) is 0.632. The van der Waals surface area contributed by atoms with Crippen LogP contribution >= 0.6 is 0 Å². The van der Waals surface area contributed by atoms with Gasteiger partial charge < -0.3 is 10.2 Å². The van der Waals surface area contributed by atoms with Gasteiger partial charge in [0.25, 0.3) is 0 Å². The summed E-state index contributed by atoms with van der Waals surface area (Å²) < 4.78 is 14.1. The number of likely N-dealkylation sites (N-methyl/N-ethyl adjacent to an activating group) is 1. The number of nitrogens with one attached hydrogen (secondary N) is 1. The highest BCUT2D eigenvalue weighted by Gasteiger charge is 2.52. The third-order valence-electron chi connectivity index (χ3n) is 5.48. The molecule has 1 N–H and O–H groups in total. The van der Waals surface area contributed by atoms with E-state index < -0.39 is 5.41 Å². The van der Waals surface area contributed by atoms with Crippen molar-refractivity contribution in [2.24, 2.45) is 0 Å². The van der Waals surface area contributed by atoms with Gasteiger partial charge in [-0.3, -0.25) is 9.69 Å². The van der Waals surface area contributed by atoms with Crippen LogP contribution in [0.1, 0.15) is 31.7 Å². The first kappa shape index (κ1) is 17.4. The molecule has 1 unspecified atom stereocenters. The number of halogens is 1. The number of carbonyl (C=O) groups is 1. The van der Waals surface area contributed by atoms with E-state index in [-0.39, 0.29) is 17.8 Å². The molecule has 4 nitrogen and oxygen atoms in total. The van der Waals surface area contributed by atoms with Gasteiger partial charge in [0.15, 0.2) is 0 Å². The van der Waals surface area contributed by atoms with Crippen molar-refractivity contribution in [2.75, 3.05) is 39.8 Å². The van der Waals surface area contributed by atoms with E-state index in [0.29, 0.717) is 5.56 Å². The largest absolute Gasteiger partial charge is 0.351 e. The number of nitrogens with zero attached hydrogens (tertiary/aromatic N) is 2. The number of carbonyl (C=O) groups excluding carboxylic acids is 1. The Morgan fingerprint density at radius 3 is 2.50 bits per heavy atom. The van der Waals surface area contributed by atoms with Gasteiger partial charge in [0.05, 0.1) is 5.41 Å². The highest BCUT2D eigenvalue weighted by Crippen LogP contribution is 2.49. The van der Waals surface area contributed by atoms with Crippen LogP contribution in [0.25, 0.3) is 0 Å². The molecule has 0 bridgehead atoms. The minimum atomic E-state index is -0.638. The van der Waals surface area contributed by atoms with Crippen molar-refractivity contribution in [3.63, 3.8) is 0 Å². The maximum absolute atomic E-state index is 14.1. The molecule has 5 heteroatoms. The third kappa shape index (κ3) is 3.62. The summed E-state index contributed by atoms with van der Waals surface area (Å²) in [5.74, 6) is -0.272. The first-order valence-electron chi connectivity index (χ1n) is 9.02. The molecule has 1 aliphatic heterocycles. The highest BCUT2D eigenvalue weighted by atomic mass is 19.1. The maximum Gasteiger partial charge on any atom is 0.231 e. The molecular formula is C19H28FN3O. The fourth-order valence-electron chi connectivity index (χ4n) is 3.54. The SMILES string of the molecule is CCC(CN1CCN(C)CC1)NC(=O)C1(c2ccccc2F)CC1. The molecule has 0 radical (unpaired) electrons. The Balaban J connectivity index is 1.61. The summed E-state index contributed by atoms with van der Waals surface area (Å²) in [6.45, 7) is 7.21. The van der Waals surface area contributed by atoms with Gasteiger partial charge in [-0.05, 0) is 32.4 Å². The van der Waals surface area contributed by atoms with Crippen molar-refractivity contribution >= 4 is 5.91 Å². The molecule has 1 aromatic carbocycles. The van der Waals surface area contributed by atoms with Crippen LogP contribution in [0.3, 0.4) is 0 Å². The molecule has 0 aromatic heterocycles. The number of hydrogen-bond donors (Lipinski definition) is 1. The summed E-state index contributed by atoms with van der Waals surface area (Å²) in [4.78, 5) is 17.6. The zero-order chi connectivity index (χ0) is 17.2. The molecule has 1 saturated heterocycles. The maximum atomic E-state index is 14.1. The Labute approximate surface area is 144 Å². The van der Waals surface area contributed by atoms with Gasteiger partial charge in [-0.1, -0.05) is 25.1 Å². The van der Waals surface area contributed by atoms with Gasteiger partial charge in [-0.15, -0.1) is 0 Å². The molecule has 0 spiro atoms. The van der Waals surface area contributed by atoms with Gasteiger partial charge in [-0.2, -0.15) is 0 Å². The van der Waals surface area contributed by atoms with Gasteiger partial charge in [0.2, 0.25) is 5.91 Å². The van der Waals surface area contributed by atoms with Crippen molar-refractivity contribution in [1.29, 1.82) is 0 Å². The second-order valence-electron chi connectivity index (χ2n) is 7.24. The van der Waals surface area contributed by atoms with Crippen LogP contribution < -0.4 is 5.32 Å². The molecule has 2 fully saturated rings. The zero-order valence-electron chi connectivity index (χ0n) is 14.7. The Morgan fingerprint density at radius 1 is 1.25 bits per heavy atom. The third-order valence-corrected chi connectivity index (χ3v) is 5.48. The van der Waals surface area contributed by atoms with Crippen LogP contribution in [0, 0.1) is 5.82 Å². The first-order chi connectivity index (χ1) is 11.5. The quantitative estimate of drug-likeness (QED) is 0.865. The molecular weight excluding hydrogens is 305 g/mol. The normalized spacial score (nSPS) is 22.1. The van der Waals surface area contributed by atoms with E-state index >= 15 is 0 Å². The monoisotopic (exact) mass is 333 g/mol. The number of hydrogen-bond acceptors (Lipinski definition) is 3. The Bertz CT molecular complexity index is 580. The Morgan fingerprint density at radius 2 is 1.92 bits per heavy atom. The van der Waals surface area contributed by atoms with Gasteiger partial charge in [-0.25, -0.2) is 4.39 Å². The molecule has 1 atom stereocenters. The summed E-state index contributed by atoms with van der Waals surface area (Å²) in [6, 6.07) is 6.82. The predicted molar refractivity (Wildman–Crippen MR) is 93.5 cm³/mol. The number of benzene rings is 1. The van der Waals surface area contributed by atoms with Crippen molar-refractivity contribution in [3.8, 4) is 0 Å². The lowest BCUT2D eigenvalue weighted by Gasteiger charge is -2.35. The van der Waals surface area contributed by atoms with Crippen LogP contribution in [0.2, 0.25) is 0 Å². The molecule has 2 aliphatic rings. The Kier molecular flexibility index (Phi) is 5.21. The number of rotatable bonds is 6. The lowest BCUT2D eigenvalue weighted by Crippen LogP contribution is -2.51. The van der Waals surface area contributed by atoms with E-state index in [9.17, 15) is 9.18 Å². The summed E-state index contributed by atoms with van der Waals surface area (Å²) >= 11 is 0. The van der Waals surface area contributed by atoms with Crippen LogP contribution in [0.5, 0.6) is 0 Å². The number of piperazine rings is 1. The van der Waals surface area contributed by atoms with E-state index in [1.54, 1.807) is 12.1 Å². The lowest BCUT2D eigenvalue weighted by atomic mass is 9.94. The van der Waals surface area contributed by atoms with Gasteiger partial charge >= 0.3 is 0 Å². The van der Waals surface area contributed by atoms with Gasteiger partial charge in [0, 0.05) is 44.3 Å². The second-order valence-corrected chi connectivity index (χ2v) is 7.24. The average Bonchev–Trinajstić information content (AvgIpc) is 3.38. The van der Waals surface area contributed by atoms with E-state index in [1.807, 2.05) is 6.07 Å². The van der Waals surface area contributed by atoms with Crippen LogP contribution in [0.4, 0.5) is 4.39 Å². The molecule has 1 saturated carbocycles. The van der Waals surface area contributed by atoms with Gasteiger partial charge in [0.1, 0.15) is 5.82 Å². The summed E-state index contributed by atoms with van der Waals surface area (Å²) in [7, 11) is 2.14. The lowest BCUT2D eigenvalue weighted by molar-refractivity contribution is -0.124. The van der Waals surface area contributed by atoms with Crippen LogP contribution in [0.15, 0.2) is 24.3 Å². The molecule has 1 heterocycles. The first-order valence-corrected chi connectivity index (χ1v) is 9.02. The smallest absolute Gasteiger partial charge is 0.231 e. The molecule has 1 aliphatic carbocycles. The topological polar surface area (TPSA) is 35.6 Å². The molecule has 132 valence electrons. The summed E-state index contributed by atoms with van der Waals surface area (Å²) in [6.07, 6.45) is 2.38. The van der Waals surface area contributed by atoms with Crippen molar-refractivity contribution in [1.82, 2.24) is 15.1 Å². The number of amides is 1. The highest BCUT2D eigenvalue weighted by molar-refractivity contribution is 5.91. The minimum Gasteiger partial charge on any atom is -0.351 e. The van der Waals surface area contributed by atoms with E-state index in [2.05, 4.69) is 29.1 Å². The second kappa shape index (κ2) is 7.19. The molecule has 3 rings (SSSR count). The minimum absolute atomic E-state index is 0.00595. The van der Waals surface area contributed by atoms with Crippen molar-refractivity contribution in [2.45, 2.75) is 37.6 Å². The standard InChI is InChI=1S/C19H28FN3O/c1-3-15(14-23-12-10-22(2)11-13-23)21-18(24)19(8-9-19)16-6-4-5-7-17(16)20/h4-7,15H,3,8-14H2,1-2H3,(H,21,24). The predicted octanol–water partition coefficient (Wildman–Crippen LogP) is 2.00. The van der Waals surface area contributed by atoms with E-state index in [0.717, 1.165) is 52.0 Å².